The number of carbonyl (C=O) groups is 2. The first-order valence-corrected chi connectivity index (χ1v) is 9.11. The van der Waals surface area contributed by atoms with Crippen LogP contribution in [0.3, 0.4) is 0 Å². The van der Waals surface area contributed by atoms with Gasteiger partial charge in [0.1, 0.15) is 5.82 Å². The minimum Gasteiger partial charge on any atom is -0.353 e. The number of halogens is 1. The van der Waals surface area contributed by atoms with Gasteiger partial charge in [-0.3, -0.25) is 9.59 Å². The third-order valence-corrected chi connectivity index (χ3v) is 5.14. The summed E-state index contributed by atoms with van der Waals surface area (Å²) in [7, 11) is 0. The second kappa shape index (κ2) is 7.95. The first-order chi connectivity index (χ1) is 12.0. The Morgan fingerprint density at radius 1 is 1.24 bits per heavy atom. The standard InChI is InChI=1S/C19H26FN3O2/c1-13-11-17(8-9-21-13)22-18(24)15-3-2-10-23(12-15)19(25)14-4-6-16(20)7-5-14/h4-7,13,15,17,21H,2-3,8-12H2,1H3,(H,22,24). The van der Waals surface area contributed by atoms with E-state index in [-0.39, 0.29) is 29.6 Å². The van der Waals surface area contributed by atoms with Gasteiger partial charge in [-0.25, -0.2) is 4.39 Å². The van der Waals surface area contributed by atoms with Crippen LogP contribution in [-0.2, 0) is 4.79 Å². The van der Waals surface area contributed by atoms with E-state index in [0.717, 1.165) is 32.2 Å². The molecule has 3 rings (SSSR count). The van der Waals surface area contributed by atoms with Crippen LogP contribution in [0.25, 0.3) is 0 Å². The van der Waals surface area contributed by atoms with Crippen molar-refractivity contribution in [2.75, 3.05) is 19.6 Å². The highest BCUT2D eigenvalue weighted by Crippen LogP contribution is 2.20. The molecule has 2 heterocycles. The fourth-order valence-corrected chi connectivity index (χ4v) is 3.73. The van der Waals surface area contributed by atoms with Gasteiger partial charge in [0.25, 0.3) is 5.91 Å². The molecular formula is C19H26FN3O2. The van der Waals surface area contributed by atoms with Gasteiger partial charge in [0.15, 0.2) is 0 Å². The summed E-state index contributed by atoms with van der Waals surface area (Å²) in [4.78, 5) is 26.9. The Kier molecular flexibility index (Phi) is 5.68. The fourth-order valence-electron chi connectivity index (χ4n) is 3.73. The van der Waals surface area contributed by atoms with Crippen LogP contribution in [0.5, 0.6) is 0 Å². The maximum Gasteiger partial charge on any atom is 0.253 e. The predicted octanol–water partition coefficient (Wildman–Crippen LogP) is 1.93. The third-order valence-electron chi connectivity index (χ3n) is 5.14. The van der Waals surface area contributed by atoms with Crippen LogP contribution < -0.4 is 10.6 Å². The van der Waals surface area contributed by atoms with Crippen LogP contribution in [0.15, 0.2) is 24.3 Å². The van der Waals surface area contributed by atoms with Crippen molar-refractivity contribution in [1.82, 2.24) is 15.5 Å². The summed E-state index contributed by atoms with van der Waals surface area (Å²) in [6.07, 6.45) is 3.50. The van der Waals surface area contributed by atoms with Gasteiger partial charge in [0.2, 0.25) is 5.91 Å². The molecule has 0 aromatic heterocycles. The van der Waals surface area contributed by atoms with E-state index in [2.05, 4.69) is 17.6 Å². The molecule has 25 heavy (non-hydrogen) atoms. The molecular weight excluding hydrogens is 321 g/mol. The Morgan fingerprint density at radius 2 is 2.00 bits per heavy atom. The monoisotopic (exact) mass is 347 g/mol. The Balaban J connectivity index is 1.57. The average Bonchev–Trinajstić information content (AvgIpc) is 2.62. The maximum atomic E-state index is 13.0. The van der Waals surface area contributed by atoms with Gasteiger partial charge in [-0.2, -0.15) is 0 Å². The fraction of sp³-hybridized carbons (Fsp3) is 0.579. The molecule has 0 radical (unpaired) electrons. The van der Waals surface area contributed by atoms with Gasteiger partial charge in [-0.05, 0) is 63.4 Å². The number of benzene rings is 1. The van der Waals surface area contributed by atoms with E-state index in [9.17, 15) is 14.0 Å². The van der Waals surface area contributed by atoms with Crippen molar-refractivity contribution in [2.45, 2.75) is 44.7 Å². The summed E-state index contributed by atoms with van der Waals surface area (Å²) in [5.41, 5.74) is 0.467. The molecule has 0 bridgehead atoms. The lowest BCUT2D eigenvalue weighted by Gasteiger charge is -2.34. The van der Waals surface area contributed by atoms with Gasteiger partial charge >= 0.3 is 0 Å². The van der Waals surface area contributed by atoms with Gasteiger partial charge in [0.05, 0.1) is 5.92 Å². The van der Waals surface area contributed by atoms with Crippen LogP contribution in [0, 0.1) is 11.7 Å². The third kappa shape index (κ3) is 4.57. The highest BCUT2D eigenvalue weighted by atomic mass is 19.1. The second-order valence-electron chi connectivity index (χ2n) is 7.18. The van der Waals surface area contributed by atoms with E-state index >= 15 is 0 Å². The van der Waals surface area contributed by atoms with Crippen LogP contribution >= 0.6 is 0 Å². The number of hydrogen-bond donors (Lipinski definition) is 2. The molecule has 5 nitrogen and oxygen atoms in total. The van der Waals surface area contributed by atoms with E-state index in [4.69, 9.17) is 0 Å². The lowest BCUT2D eigenvalue weighted by atomic mass is 9.94. The maximum absolute atomic E-state index is 13.0. The van der Waals surface area contributed by atoms with Crippen LogP contribution in [0.2, 0.25) is 0 Å². The van der Waals surface area contributed by atoms with E-state index in [1.807, 2.05) is 0 Å². The molecule has 0 aliphatic carbocycles. The first kappa shape index (κ1) is 17.9. The quantitative estimate of drug-likeness (QED) is 0.878. The van der Waals surface area contributed by atoms with Crippen LogP contribution in [0.1, 0.15) is 43.0 Å². The minimum absolute atomic E-state index is 0.0516. The largest absolute Gasteiger partial charge is 0.353 e. The molecule has 6 heteroatoms. The predicted molar refractivity (Wildman–Crippen MR) is 93.7 cm³/mol. The van der Waals surface area contributed by atoms with Crippen molar-refractivity contribution in [1.29, 1.82) is 0 Å². The van der Waals surface area contributed by atoms with E-state index < -0.39 is 0 Å². The second-order valence-corrected chi connectivity index (χ2v) is 7.18. The summed E-state index contributed by atoms with van der Waals surface area (Å²) in [5.74, 6) is -0.601. The first-order valence-electron chi connectivity index (χ1n) is 9.11. The molecule has 0 spiro atoms. The highest BCUT2D eigenvalue weighted by molar-refractivity contribution is 5.94. The van der Waals surface area contributed by atoms with Gasteiger partial charge < -0.3 is 15.5 Å². The molecule has 2 amide bonds. The van der Waals surface area contributed by atoms with Crippen molar-refractivity contribution in [2.24, 2.45) is 5.92 Å². The van der Waals surface area contributed by atoms with E-state index in [1.165, 1.54) is 24.3 Å². The lowest BCUT2D eigenvalue weighted by Crippen LogP contribution is -2.51. The molecule has 2 aliphatic rings. The summed E-state index contributed by atoms with van der Waals surface area (Å²) in [6.45, 7) is 4.13. The number of likely N-dealkylation sites (tertiary alicyclic amines) is 1. The number of carbonyl (C=O) groups excluding carboxylic acids is 2. The van der Waals surface area contributed by atoms with Crippen molar-refractivity contribution in [3.8, 4) is 0 Å². The van der Waals surface area contributed by atoms with Gasteiger partial charge in [0, 0.05) is 30.7 Å². The van der Waals surface area contributed by atoms with Crippen molar-refractivity contribution >= 4 is 11.8 Å². The SMILES string of the molecule is CC1CC(NC(=O)C2CCCN(C(=O)c3ccc(F)cc3)C2)CCN1. The molecule has 2 saturated heterocycles. The summed E-state index contributed by atoms with van der Waals surface area (Å²) < 4.78 is 13.0. The highest BCUT2D eigenvalue weighted by Gasteiger charge is 2.30. The van der Waals surface area contributed by atoms with E-state index in [0.29, 0.717) is 24.7 Å². The minimum atomic E-state index is -0.358. The Bertz CT molecular complexity index is 620. The Labute approximate surface area is 148 Å². The topological polar surface area (TPSA) is 61.4 Å². The molecule has 3 unspecified atom stereocenters. The number of nitrogens with zero attached hydrogens (tertiary/aromatic N) is 1. The smallest absolute Gasteiger partial charge is 0.253 e. The summed E-state index contributed by atoms with van der Waals surface area (Å²) in [6, 6.07) is 6.21. The van der Waals surface area contributed by atoms with E-state index in [1.54, 1.807) is 4.90 Å². The zero-order valence-electron chi connectivity index (χ0n) is 14.6. The number of hydrogen-bond acceptors (Lipinski definition) is 3. The average molecular weight is 347 g/mol. The molecule has 1 aromatic carbocycles. The summed E-state index contributed by atoms with van der Waals surface area (Å²) >= 11 is 0. The molecule has 136 valence electrons. The summed E-state index contributed by atoms with van der Waals surface area (Å²) in [5, 5.41) is 6.54. The molecule has 2 N–H and O–H groups in total. The molecule has 2 fully saturated rings. The number of rotatable bonds is 3. The molecule has 0 saturated carbocycles. The zero-order chi connectivity index (χ0) is 17.8. The van der Waals surface area contributed by atoms with Crippen LogP contribution in [0.4, 0.5) is 4.39 Å². The van der Waals surface area contributed by atoms with Crippen LogP contribution in [-0.4, -0.2) is 48.4 Å². The lowest BCUT2D eigenvalue weighted by molar-refractivity contribution is -0.127. The number of piperidine rings is 2. The normalized spacial score (nSPS) is 27.0. The Morgan fingerprint density at radius 3 is 2.72 bits per heavy atom. The molecule has 3 atom stereocenters. The van der Waals surface area contributed by atoms with Crippen molar-refractivity contribution < 1.29 is 14.0 Å². The van der Waals surface area contributed by atoms with Gasteiger partial charge in [-0.15, -0.1) is 0 Å². The molecule has 2 aliphatic heterocycles. The van der Waals surface area contributed by atoms with Crippen molar-refractivity contribution in [3.05, 3.63) is 35.6 Å². The number of amides is 2. The zero-order valence-corrected chi connectivity index (χ0v) is 14.6. The molecule has 1 aromatic rings. The van der Waals surface area contributed by atoms with Gasteiger partial charge in [-0.1, -0.05) is 0 Å². The van der Waals surface area contributed by atoms with Crippen molar-refractivity contribution in [3.63, 3.8) is 0 Å². The Hall–Kier alpha value is -1.95. The number of nitrogens with one attached hydrogen (secondary N) is 2.